The van der Waals surface area contributed by atoms with Gasteiger partial charge in [-0.05, 0) is 42.5 Å². The van der Waals surface area contributed by atoms with Crippen molar-refractivity contribution in [3.63, 3.8) is 0 Å². The number of fused-ring (bicyclic) bond motifs is 1. The smallest absolute Gasteiger partial charge is 0.210 e. The van der Waals surface area contributed by atoms with Crippen LogP contribution in [0, 0.1) is 0 Å². The molecule has 0 amide bonds. The van der Waals surface area contributed by atoms with Gasteiger partial charge in [-0.15, -0.1) is 10.2 Å². The van der Waals surface area contributed by atoms with E-state index in [1.54, 1.807) is 25.3 Å². The number of benzene rings is 2. The Morgan fingerprint density at radius 1 is 1.14 bits per heavy atom. The Bertz CT molecular complexity index is 976. The molecule has 1 aliphatic heterocycles. The van der Waals surface area contributed by atoms with Crippen molar-refractivity contribution in [1.29, 1.82) is 0 Å². The normalized spacial score (nSPS) is 12.5. The van der Waals surface area contributed by atoms with Crippen LogP contribution in [0.4, 0.5) is 10.8 Å². The summed E-state index contributed by atoms with van der Waals surface area (Å²) in [5.74, 6) is 2.35. The van der Waals surface area contributed by atoms with Crippen LogP contribution in [0.25, 0.3) is 0 Å². The molecule has 3 aromatic rings. The number of aromatic nitrogens is 2. The quantitative estimate of drug-likeness (QED) is 0.457. The summed E-state index contributed by atoms with van der Waals surface area (Å²) < 4.78 is 16.9. The molecule has 7 nitrogen and oxygen atoms in total. The summed E-state index contributed by atoms with van der Waals surface area (Å²) in [6, 6.07) is 12.8. The minimum Gasteiger partial charge on any atom is -0.497 e. The lowest BCUT2D eigenvalue weighted by atomic mass is 10.1. The molecule has 0 saturated carbocycles. The Morgan fingerprint density at radius 3 is 2.71 bits per heavy atom. The molecule has 144 valence electrons. The van der Waals surface area contributed by atoms with Crippen LogP contribution in [0.15, 0.2) is 46.8 Å². The Balaban J connectivity index is 1.34. The van der Waals surface area contributed by atoms with Crippen molar-refractivity contribution in [3.8, 4) is 17.2 Å². The van der Waals surface area contributed by atoms with Crippen LogP contribution >= 0.6 is 23.1 Å². The van der Waals surface area contributed by atoms with Gasteiger partial charge in [-0.3, -0.25) is 4.79 Å². The average Bonchev–Trinajstić information content (AvgIpc) is 3.19. The summed E-state index contributed by atoms with van der Waals surface area (Å²) in [6.45, 7) is 1.02. The van der Waals surface area contributed by atoms with Crippen molar-refractivity contribution in [1.82, 2.24) is 10.2 Å². The summed E-state index contributed by atoms with van der Waals surface area (Å²) in [4.78, 5) is 12.5. The van der Waals surface area contributed by atoms with E-state index in [9.17, 15) is 4.79 Å². The fraction of sp³-hybridized carbons (Fsp3) is 0.211. The van der Waals surface area contributed by atoms with Crippen molar-refractivity contribution in [2.45, 2.75) is 4.34 Å². The van der Waals surface area contributed by atoms with Gasteiger partial charge in [0.2, 0.25) is 5.13 Å². The molecule has 0 saturated heterocycles. The standard InChI is InChI=1S/C19H17N3O4S2/c1-24-14-5-3-13(4-6-14)20-18-21-22-19(28-18)27-11-15(23)12-2-7-16-17(10-12)26-9-8-25-16/h2-7,10H,8-9,11H2,1H3,(H,20,21). The van der Waals surface area contributed by atoms with E-state index >= 15 is 0 Å². The van der Waals surface area contributed by atoms with Gasteiger partial charge in [0.1, 0.15) is 19.0 Å². The second-order valence-electron chi connectivity index (χ2n) is 5.80. The molecular formula is C19H17N3O4S2. The molecule has 0 fully saturated rings. The number of hydrogen-bond donors (Lipinski definition) is 1. The summed E-state index contributed by atoms with van der Waals surface area (Å²) in [7, 11) is 1.63. The van der Waals surface area contributed by atoms with Crippen LogP contribution in [0.1, 0.15) is 10.4 Å². The van der Waals surface area contributed by atoms with Gasteiger partial charge in [0.05, 0.1) is 12.9 Å². The Labute approximate surface area is 170 Å². The highest BCUT2D eigenvalue weighted by atomic mass is 32.2. The molecule has 2 heterocycles. The minimum atomic E-state index is 0.00170. The molecule has 1 aromatic heterocycles. The van der Waals surface area contributed by atoms with E-state index in [4.69, 9.17) is 14.2 Å². The number of thioether (sulfide) groups is 1. The molecule has 28 heavy (non-hydrogen) atoms. The molecule has 1 N–H and O–H groups in total. The minimum absolute atomic E-state index is 0.00170. The highest BCUT2D eigenvalue weighted by Crippen LogP contribution is 2.32. The number of nitrogens with zero attached hydrogens (tertiary/aromatic N) is 2. The van der Waals surface area contributed by atoms with Crippen LogP contribution in [-0.2, 0) is 0 Å². The number of methoxy groups -OCH3 is 1. The Kier molecular flexibility index (Phi) is 5.63. The van der Waals surface area contributed by atoms with E-state index in [0.717, 1.165) is 15.8 Å². The van der Waals surface area contributed by atoms with Crippen LogP contribution in [0.2, 0.25) is 0 Å². The molecule has 0 bridgehead atoms. The first-order valence-corrected chi connectivity index (χ1v) is 10.3. The number of carbonyl (C=O) groups excluding carboxylic acids is 1. The number of hydrogen-bond acceptors (Lipinski definition) is 9. The number of carbonyl (C=O) groups is 1. The summed E-state index contributed by atoms with van der Waals surface area (Å²) in [6.07, 6.45) is 0. The van der Waals surface area contributed by atoms with E-state index in [1.165, 1.54) is 23.1 Å². The average molecular weight is 415 g/mol. The first-order chi connectivity index (χ1) is 13.7. The molecule has 0 radical (unpaired) electrons. The molecule has 9 heteroatoms. The van der Waals surface area contributed by atoms with E-state index < -0.39 is 0 Å². The van der Waals surface area contributed by atoms with Crippen LogP contribution in [0.5, 0.6) is 17.2 Å². The van der Waals surface area contributed by atoms with Crippen molar-refractivity contribution >= 4 is 39.7 Å². The molecule has 1 aliphatic rings. The molecule has 0 unspecified atom stereocenters. The maximum Gasteiger partial charge on any atom is 0.210 e. The van der Waals surface area contributed by atoms with Crippen LogP contribution < -0.4 is 19.5 Å². The van der Waals surface area contributed by atoms with Gasteiger partial charge in [-0.25, -0.2) is 0 Å². The van der Waals surface area contributed by atoms with Gasteiger partial charge in [0.25, 0.3) is 0 Å². The zero-order chi connectivity index (χ0) is 19.3. The second-order valence-corrected chi connectivity index (χ2v) is 8.00. The third-order valence-electron chi connectivity index (χ3n) is 3.94. The number of Topliss-reactive ketones (excluding diaryl/α,β-unsaturated/α-hetero) is 1. The van der Waals surface area contributed by atoms with Crippen molar-refractivity contribution < 1.29 is 19.0 Å². The predicted octanol–water partition coefficient (Wildman–Crippen LogP) is 4.04. The van der Waals surface area contributed by atoms with Crippen molar-refractivity contribution in [3.05, 3.63) is 48.0 Å². The third-order valence-corrected chi connectivity index (χ3v) is 5.91. The van der Waals surface area contributed by atoms with E-state index in [0.29, 0.717) is 35.4 Å². The maximum atomic E-state index is 12.5. The van der Waals surface area contributed by atoms with Crippen LogP contribution in [-0.4, -0.2) is 42.1 Å². The Hall–Kier alpha value is -2.78. The van der Waals surface area contributed by atoms with Crippen LogP contribution in [0.3, 0.4) is 0 Å². The number of nitrogens with one attached hydrogen (secondary N) is 1. The topological polar surface area (TPSA) is 82.6 Å². The number of ketones is 1. The zero-order valence-corrected chi connectivity index (χ0v) is 16.6. The highest BCUT2D eigenvalue weighted by molar-refractivity contribution is 8.01. The van der Waals surface area contributed by atoms with Gasteiger partial charge in [-0.2, -0.15) is 0 Å². The lowest BCUT2D eigenvalue weighted by Crippen LogP contribution is -2.16. The molecule has 0 atom stereocenters. The van der Waals surface area contributed by atoms with Gasteiger partial charge in [0.15, 0.2) is 21.6 Å². The fourth-order valence-electron chi connectivity index (χ4n) is 2.54. The van der Waals surface area contributed by atoms with Crippen molar-refractivity contribution in [2.24, 2.45) is 0 Å². The van der Waals surface area contributed by atoms with E-state index in [-0.39, 0.29) is 11.5 Å². The Morgan fingerprint density at radius 2 is 1.93 bits per heavy atom. The third kappa shape index (κ3) is 4.37. The zero-order valence-electron chi connectivity index (χ0n) is 15.0. The highest BCUT2D eigenvalue weighted by Gasteiger charge is 2.16. The fourth-order valence-corrected chi connectivity index (χ4v) is 4.21. The van der Waals surface area contributed by atoms with E-state index in [2.05, 4.69) is 15.5 Å². The van der Waals surface area contributed by atoms with E-state index in [1.807, 2.05) is 24.3 Å². The van der Waals surface area contributed by atoms with Gasteiger partial charge in [0, 0.05) is 11.3 Å². The monoisotopic (exact) mass is 415 g/mol. The number of anilines is 2. The number of ether oxygens (including phenoxy) is 3. The first kappa shape index (κ1) is 18.6. The number of rotatable bonds is 7. The molecule has 4 rings (SSSR count). The maximum absolute atomic E-state index is 12.5. The first-order valence-electron chi connectivity index (χ1n) is 8.51. The summed E-state index contributed by atoms with van der Waals surface area (Å²) in [5.41, 5.74) is 1.48. The lowest BCUT2D eigenvalue weighted by molar-refractivity contribution is 0.102. The summed E-state index contributed by atoms with van der Waals surface area (Å²) in [5, 5.41) is 12.1. The van der Waals surface area contributed by atoms with Gasteiger partial charge in [-0.1, -0.05) is 23.1 Å². The van der Waals surface area contributed by atoms with Gasteiger partial charge < -0.3 is 19.5 Å². The SMILES string of the molecule is COc1ccc(Nc2nnc(SCC(=O)c3ccc4c(c3)OCCO4)s2)cc1. The molecule has 0 spiro atoms. The molecule has 0 aliphatic carbocycles. The second kappa shape index (κ2) is 8.49. The largest absolute Gasteiger partial charge is 0.497 e. The van der Waals surface area contributed by atoms with Gasteiger partial charge >= 0.3 is 0 Å². The lowest BCUT2D eigenvalue weighted by Gasteiger charge is -2.18. The summed E-state index contributed by atoms with van der Waals surface area (Å²) >= 11 is 2.76. The predicted molar refractivity (Wildman–Crippen MR) is 109 cm³/mol. The molecule has 2 aromatic carbocycles. The molecular weight excluding hydrogens is 398 g/mol. The van der Waals surface area contributed by atoms with Crippen molar-refractivity contribution in [2.75, 3.05) is 31.4 Å².